The fourth-order valence-electron chi connectivity index (χ4n) is 1.53. The fraction of sp³-hybridized carbons (Fsp3) is 0.538. The van der Waals surface area contributed by atoms with Crippen LogP contribution in [0.25, 0.3) is 0 Å². The van der Waals surface area contributed by atoms with Crippen molar-refractivity contribution >= 4 is 26.0 Å². The maximum absolute atomic E-state index is 12.1. The van der Waals surface area contributed by atoms with Crippen LogP contribution in [0.3, 0.4) is 0 Å². The molecule has 0 saturated heterocycles. The Balaban J connectivity index is 2.60. The van der Waals surface area contributed by atoms with E-state index in [1.54, 1.807) is 18.2 Å². The molecule has 1 rings (SSSR count). The maximum atomic E-state index is 12.1. The van der Waals surface area contributed by atoms with Crippen LogP contribution in [0.15, 0.2) is 27.6 Å². The van der Waals surface area contributed by atoms with Gasteiger partial charge < -0.3 is 10.5 Å². The molecular formula is C13H21BrN2O3S. The standard InChI is InChI=1S/C13H21BrN2O3S/c1-10(2)9-19-6-5-16-20(17,18)13-4-3-11(8-15)7-12(13)14/h3-4,7,10,16H,5-6,8-9,15H2,1-2H3. The van der Waals surface area contributed by atoms with Crippen molar-refractivity contribution < 1.29 is 13.2 Å². The first-order valence-electron chi connectivity index (χ1n) is 6.42. The number of halogens is 1. The minimum atomic E-state index is -3.53. The average molecular weight is 365 g/mol. The Kier molecular flexibility index (Phi) is 7.11. The predicted octanol–water partition coefficient (Wildman–Crippen LogP) is 1.86. The molecule has 0 spiro atoms. The van der Waals surface area contributed by atoms with Gasteiger partial charge in [0.1, 0.15) is 0 Å². The lowest BCUT2D eigenvalue weighted by molar-refractivity contribution is 0.114. The molecule has 7 heteroatoms. The summed E-state index contributed by atoms with van der Waals surface area (Å²) in [6, 6.07) is 4.96. The molecule has 5 nitrogen and oxygen atoms in total. The molecule has 0 heterocycles. The molecule has 0 amide bonds. The highest BCUT2D eigenvalue weighted by Crippen LogP contribution is 2.22. The Hall–Kier alpha value is -0.470. The molecule has 3 N–H and O–H groups in total. The highest BCUT2D eigenvalue weighted by Gasteiger charge is 2.17. The molecule has 0 atom stereocenters. The first kappa shape index (κ1) is 17.6. The van der Waals surface area contributed by atoms with Gasteiger partial charge in [-0.15, -0.1) is 0 Å². The van der Waals surface area contributed by atoms with Crippen molar-refractivity contribution in [2.24, 2.45) is 11.7 Å². The molecule has 0 aromatic heterocycles. The van der Waals surface area contributed by atoms with E-state index in [2.05, 4.69) is 20.7 Å². The second kappa shape index (κ2) is 8.09. The summed E-state index contributed by atoms with van der Waals surface area (Å²) in [6.45, 7) is 5.68. The van der Waals surface area contributed by atoms with Gasteiger partial charge in [0.2, 0.25) is 10.0 Å². The molecule has 1 aromatic rings. The first-order chi connectivity index (χ1) is 9.36. The van der Waals surface area contributed by atoms with Gasteiger partial charge in [-0.3, -0.25) is 0 Å². The normalized spacial score (nSPS) is 12.1. The zero-order valence-corrected chi connectivity index (χ0v) is 14.1. The predicted molar refractivity (Wildman–Crippen MR) is 82.9 cm³/mol. The van der Waals surface area contributed by atoms with Gasteiger partial charge in [-0.25, -0.2) is 13.1 Å². The zero-order chi connectivity index (χ0) is 15.2. The van der Waals surface area contributed by atoms with Gasteiger partial charge in [-0.1, -0.05) is 19.9 Å². The number of hydrogen-bond donors (Lipinski definition) is 2. The van der Waals surface area contributed by atoms with E-state index in [4.69, 9.17) is 10.5 Å². The van der Waals surface area contributed by atoms with Crippen molar-refractivity contribution in [3.05, 3.63) is 28.2 Å². The van der Waals surface area contributed by atoms with E-state index in [0.717, 1.165) is 5.56 Å². The van der Waals surface area contributed by atoms with Crippen LogP contribution >= 0.6 is 15.9 Å². The topological polar surface area (TPSA) is 81.4 Å². The molecule has 0 bridgehead atoms. The van der Waals surface area contributed by atoms with Gasteiger partial charge in [0, 0.05) is 24.2 Å². The van der Waals surface area contributed by atoms with Gasteiger partial charge >= 0.3 is 0 Å². The van der Waals surface area contributed by atoms with Gasteiger partial charge in [0.05, 0.1) is 11.5 Å². The number of nitrogens with two attached hydrogens (primary N) is 1. The lowest BCUT2D eigenvalue weighted by Gasteiger charge is -2.10. The first-order valence-corrected chi connectivity index (χ1v) is 8.70. The van der Waals surface area contributed by atoms with Crippen LogP contribution < -0.4 is 10.5 Å². The van der Waals surface area contributed by atoms with E-state index in [1.807, 2.05) is 13.8 Å². The third-order valence-electron chi connectivity index (χ3n) is 2.51. The second-order valence-corrected chi connectivity index (χ2v) is 7.43. The molecule has 0 radical (unpaired) electrons. The molecule has 0 aliphatic rings. The van der Waals surface area contributed by atoms with E-state index in [0.29, 0.717) is 30.1 Å². The lowest BCUT2D eigenvalue weighted by Crippen LogP contribution is -2.28. The molecule has 114 valence electrons. The van der Waals surface area contributed by atoms with E-state index < -0.39 is 10.0 Å². The molecule has 0 unspecified atom stereocenters. The zero-order valence-electron chi connectivity index (χ0n) is 11.7. The third kappa shape index (κ3) is 5.49. The summed E-state index contributed by atoms with van der Waals surface area (Å²) in [5.41, 5.74) is 6.38. The van der Waals surface area contributed by atoms with E-state index in [-0.39, 0.29) is 11.4 Å². The molecule has 0 aliphatic heterocycles. The largest absolute Gasteiger partial charge is 0.380 e. The van der Waals surface area contributed by atoms with Crippen LogP contribution in [-0.2, 0) is 21.3 Å². The van der Waals surface area contributed by atoms with Crippen LogP contribution in [0, 0.1) is 5.92 Å². The van der Waals surface area contributed by atoms with E-state index in [1.165, 1.54) is 0 Å². The average Bonchev–Trinajstić information content (AvgIpc) is 2.37. The lowest BCUT2D eigenvalue weighted by atomic mass is 10.2. The molecule has 0 saturated carbocycles. The van der Waals surface area contributed by atoms with Gasteiger partial charge in [-0.2, -0.15) is 0 Å². The summed E-state index contributed by atoms with van der Waals surface area (Å²) in [7, 11) is -3.53. The second-order valence-electron chi connectivity index (χ2n) is 4.84. The summed E-state index contributed by atoms with van der Waals surface area (Å²) in [5, 5.41) is 0. The summed E-state index contributed by atoms with van der Waals surface area (Å²) in [6.07, 6.45) is 0. The Labute approximate surface area is 129 Å². The van der Waals surface area contributed by atoms with Crippen molar-refractivity contribution in [3.63, 3.8) is 0 Å². The van der Waals surface area contributed by atoms with Crippen molar-refractivity contribution in [1.82, 2.24) is 4.72 Å². The summed E-state index contributed by atoms with van der Waals surface area (Å²) in [5.74, 6) is 0.435. The monoisotopic (exact) mass is 364 g/mol. The SMILES string of the molecule is CC(C)COCCNS(=O)(=O)c1ccc(CN)cc1Br. The Morgan fingerprint density at radius 3 is 2.65 bits per heavy atom. The Morgan fingerprint density at radius 1 is 1.40 bits per heavy atom. The van der Waals surface area contributed by atoms with Crippen LogP contribution in [0.2, 0.25) is 0 Å². The molecule has 20 heavy (non-hydrogen) atoms. The highest BCUT2D eigenvalue weighted by atomic mass is 79.9. The van der Waals surface area contributed by atoms with Crippen LogP contribution in [0.4, 0.5) is 0 Å². The van der Waals surface area contributed by atoms with Crippen molar-refractivity contribution in [1.29, 1.82) is 0 Å². The quantitative estimate of drug-likeness (QED) is 0.689. The summed E-state index contributed by atoms with van der Waals surface area (Å²) >= 11 is 3.26. The van der Waals surface area contributed by atoms with Crippen molar-refractivity contribution in [2.75, 3.05) is 19.8 Å². The van der Waals surface area contributed by atoms with E-state index in [9.17, 15) is 8.42 Å². The Morgan fingerprint density at radius 2 is 2.10 bits per heavy atom. The Bertz CT molecular complexity index is 532. The number of nitrogens with one attached hydrogen (secondary N) is 1. The van der Waals surface area contributed by atoms with Crippen LogP contribution in [0.5, 0.6) is 0 Å². The number of hydrogen-bond acceptors (Lipinski definition) is 4. The minimum Gasteiger partial charge on any atom is -0.380 e. The van der Waals surface area contributed by atoms with E-state index >= 15 is 0 Å². The maximum Gasteiger partial charge on any atom is 0.241 e. The summed E-state index contributed by atoms with van der Waals surface area (Å²) < 4.78 is 32.6. The molecule has 0 fully saturated rings. The summed E-state index contributed by atoms with van der Waals surface area (Å²) in [4.78, 5) is 0.207. The van der Waals surface area contributed by atoms with Crippen LogP contribution in [0.1, 0.15) is 19.4 Å². The van der Waals surface area contributed by atoms with Gasteiger partial charge in [-0.05, 0) is 39.5 Å². The smallest absolute Gasteiger partial charge is 0.241 e. The third-order valence-corrected chi connectivity index (χ3v) is 4.95. The van der Waals surface area contributed by atoms with Crippen LogP contribution in [-0.4, -0.2) is 28.2 Å². The van der Waals surface area contributed by atoms with Crippen molar-refractivity contribution in [3.8, 4) is 0 Å². The number of benzene rings is 1. The molecule has 1 aromatic carbocycles. The molecular weight excluding hydrogens is 344 g/mol. The van der Waals surface area contributed by atoms with Gasteiger partial charge in [0.25, 0.3) is 0 Å². The van der Waals surface area contributed by atoms with Crippen molar-refractivity contribution in [2.45, 2.75) is 25.3 Å². The minimum absolute atomic E-state index is 0.207. The number of sulfonamides is 1. The number of ether oxygens (including phenoxy) is 1. The highest BCUT2D eigenvalue weighted by molar-refractivity contribution is 9.10. The molecule has 0 aliphatic carbocycles. The fourth-order valence-corrected chi connectivity index (χ4v) is 3.67. The number of rotatable bonds is 8. The van der Waals surface area contributed by atoms with Gasteiger partial charge in [0.15, 0.2) is 0 Å².